The summed E-state index contributed by atoms with van der Waals surface area (Å²) in [6.45, 7) is 2.04. The van der Waals surface area contributed by atoms with Crippen molar-refractivity contribution in [2.75, 3.05) is 0 Å². The molecule has 2 heteroatoms. The SMILES string of the molecule is Cc1cccc(C=CC(=O)NC2CC2)c1. The third-order valence-corrected chi connectivity index (χ3v) is 2.39. The summed E-state index contributed by atoms with van der Waals surface area (Å²) >= 11 is 0. The molecule has 1 amide bonds. The molecule has 15 heavy (non-hydrogen) atoms. The molecule has 1 aliphatic carbocycles. The first-order valence-electron chi connectivity index (χ1n) is 5.29. The van der Waals surface area contributed by atoms with Crippen LogP contribution in [0.2, 0.25) is 0 Å². The third-order valence-electron chi connectivity index (χ3n) is 2.39. The molecule has 1 aliphatic rings. The first kappa shape index (κ1) is 9.97. The quantitative estimate of drug-likeness (QED) is 0.747. The lowest BCUT2D eigenvalue weighted by atomic mass is 10.1. The summed E-state index contributed by atoms with van der Waals surface area (Å²) < 4.78 is 0. The van der Waals surface area contributed by atoms with E-state index in [0.717, 1.165) is 18.4 Å². The normalized spacial score (nSPS) is 15.5. The van der Waals surface area contributed by atoms with E-state index in [2.05, 4.69) is 11.4 Å². The Balaban J connectivity index is 1.94. The lowest BCUT2D eigenvalue weighted by molar-refractivity contribution is -0.116. The molecule has 1 aromatic rings. The lowest BCUT2D eigenvalue weighted by Crippen LogP contribution is -2.22. The number of hydrogen-bond acceptors (Lipinski definition) is 1. The van der Waals surface area contributed by atoms with Crippen molar-refractivity contribution in [2.24, 2.45) is 0 Å². The third kappa shape index (κ3) is 3.24. The Labute approximate surface area is 90.0 Å². The topological polar surface area (TPSA) is 29.1 Å². The van der Waals surface area contributed by atoms with E-state index in [-0.39, 0.29) is 5.91 Å². The number of aryl methyl sites for hydroxylation is 1. The van der Waals surface area contributed by atoms with E-state index in [4.69, 9.17) is 0 Å². The van der Waals surface area contributed by atoms with E-state index in [1.807, 2.05) is 31.2 Å². The molecule has 0 radical (unpaired) electrons. The molecule has 1 fully saturated rings. The van der Waals surface area contributed by atoms with Crippen LogP contribution in [0.5, 0.6) is 0 Å². The van der Waals surface area contributed by atoms with Gasteiger partial charge in [0, 0.05) is 12.1 Å². The fourth-order valence-corrected chi connectivity index (χ4v) is 1.42. The first-order chi connectivity index (χ1) is 7.24. The largest absolute Gasteiger partial charge is 0.350 e. The van der Waals surface area contributed by atoms with Gasteiger partial charge in [-0.25, -0.2) is 0 Å². The number of benzene rings is 1. The van der Waals surface area contributed by atoms with Crippen LogP contribution in [0.25, 0.3) is 6.08 Å². The van der Waals surface area contributed by atoms with E-state index >= 15 is 0 Å². The number of rotatable bonds is 3. The summed E-state index contributed by atoms with van der Waals surface area (Å²) in [6.07, 6.45) is 5.71. The maximum Gasteiger partial charge on any atom is 0.244 e. The van der Waals surface area contributed by atoms with Gasteiger partial charge in [-0.2, -0.15) is 0 Å². The van der Waals surface area contributed by atoms with Crippen molar-refractivity contribution in [2.45, 2.75) is 25.8 Å². The minimum absolute atomic E-state index is 0.0130. The average molecular weight is 201 g/mol. The van der Waals surface area contributed by atoms with Crippen LogP contribution in [0.1, 0.15) is 24.0 Å². The number of nitrogens with one attached hydrogen (secondary N) is 1. The van der Waals surface area contributed by atoms with E-state index < -0.39 is 0 Å². The zero-order chi connectivity index (χ0) is 10.7. The van der Waals surface area contributed by atoms with Gasteiger partial charge in [0.15, 0.2) is 0 Å². The van der Waals surface area contributed by atoms with Gasteiger partial charge in [0.1, 0.15) is 0 Å². The highest BCUT2D eigenvalue weighted by Crippen LogP contribution is 2.18. The summed E-state index contributed by atoms with van der Waals surface area (Å²) in [7, 11) is 0. The molecule has 78 valence electrons. The Morgan fingerprint density at radius 3 is 2.93 bits per heavy atom. The molecule has 0 spiro atoms. The van der Waals surface area contributed by atoms with Gasteiger partial charge < -0.3 is 5.32 Å². The fraction of sp³-hybridized carbons (Fsp3) is 0.308. The zero-order valence-electron chi connectivity index (χ0n) is 8.86. The summed E-state index contributed by atoms with van der Waals surface area (Å²) in [5, 5.41) is 2.91. The van der Waals surface area contributed by atoms with Gasteiger partial charge >= 0.3 is 0 Å². The molecule has 0 saturated heterocycles. The minimum Gasteiger partial charge on any atom is -0.350 e. The van der Waals surface area contributed by atoms with Crippen LogP contribution in [0.4, 0.5) is 0 Å². The molecule has 1 aromatic carbocycles. The van der Waals surface area contributed by atoms with Crippen LogP contribution in [0, 0.1) is 6.92 Å². The van der Waals surface area contributed by atoms with Crippen LogP contribution >= 0.6 is 0 Å². The Hall–Kier alpha value is -1.57. The molecule has 0 bridgehead atoms. The Bertz CT molecular complexity index is 391. The summed E-state index contributed by atoms with van der Waals surface area (Å²) in [5.74, 6) is 0.0130. The second-order valence-corrected chi connectivity index (χ2v) is 4.03. The van der Waals surface area contributed by atoms with Crippen molar-refractivity contribution in [3.05, 3.63) is 41.5 Å². The molecular weight excluding hydrogens is 186 g/mol. The van der Waals surface area contributed by atoms with Gasteiger partial charge in [0.2, 0.25) is 5.91 Å². The number of carbonyl (C=O) groups is 1. The summed E-state index contributed by atoms with van der Waals surface area (Å²) in [4.78, 5) is 11.4. The summed E-state index contributed by atoms with van der Waals surface area (Å²) in [5.41, 5.74) is 2.28. The van der Waals surface area contributed by atoms with Crippen LogP contribution in [0.15, 0.2) is 30.3 Å². The van der Waals surface area contributed by atoms with Gasteiger partial charge in [-0.15, -0.1) is 0 Å². The summed E-state index contributed by atoms with van der Waals surface area (Å²) in [6, 6.07) is 8.52. The smallest absolute Gasteiger partial charge is 0.244 e. The highest BCUT2D eigenvalue weighted by molar-refractivity contribution is 5.92. The maximum absolute atomic E-state index is 11.4. The van der Waals surface area contributed by atoms with Gasteiger partial charge in [-0.05, 0) is 31.4 Å². The van der Waals surface area contributed by atoms with Crippen molar-refractivity contribution >= 4 is 12.0 Å². The van der Waals surface area contributed by atoms with Crippen molar-refractivity contribution < 1.29 is 4.79 Å². The van der Waals surface area contributed by atoms with E-state index in [1.54, 1.807) is 6.08 Å². The van der Waals surface area contributed by atoms with Gasteiger partial charge in [-0.1, -0.05) is 29.8 Å². The Morgan fingerprint density at radius 2 is 2.27 bits per heavy atom. The predicted molar refractivity (Wildman–Crippen MR) is 61.4 cm³/mol. The molecule has 1 saturated carbocycles. The highest BCUT2D eigenvalue weighted by Gasteiger charge is 2.21. The molecule has 2 rings (SSSR count). The number of carbonyl (C=O) groups excluding carboxylic acids is 1. The van der Waals surface area contributed by atoms with Gasteiger partial charge in [0.05, 0.1) is 0 Å². The van der Waals surface area contributed by atoms with E-state index in [0.29, 0.717) is 6.04 Å². The Kier molecular flexibility index (Phi) is 2.86. The Morgan fingerprint density at radius 1 is 1.47 bits per heavy atom. The minimum atomic E-state index is 0.0130. The average Bonchev–Trinajstić information content (AvgIpc) is 2.99. The lowest BCUT2D eigenvalue weighted by Gasteiger charge is -1.97. The first-order valence-corrected chi connectivity index (χ1v) is 5.29. The van der Waals surface area contributed by atoms with Crippen LogP contribution < -0.4 is 5.32 Å². The monoisotopic (exact) mass is 201 g/mol. The van der Waals surface area contributed by atoms with Crippen LogP contribution in [-0.4, -0.2) is 11.9 Å². The van der Waals surface area contributed by atoms with Crippen molar-refractivity contribution in [1.82, 2.24) is 5.32 Å². The molecule has 0 atom stereocenters. The maximum atomic E-state index is 11.4. The second-order valence-electron chi connectivity index (χ2n) is 4.03. The van der Waals surface area contributed by atoms with E-state index in [1.165, 1.54) is 5.56 Å². The molecule has 1 N–H and O–H groups in total. The van der Waals surface area contributed by atoms with E-state index in [9.17, 15) is 4.79 Å². The van der Waals surface area contributed by atoms with Crippen LogP contribution in [0.3, 0.4) is 0 Å². The van der Waals surface area contributed by atoms with Crippen molar-refractivity contribution in [1.29, 1.82) is 0 Å². The van der Waals surface area contributed by atoms with Gasteiger partial charge in [0.25, 0.3) is 0 Å². The molecule has 0 aliphatic heterocycles. The molecular formula is C13H15NO. The standard InChI is InChI=1S/C13H15NO/c1-10-3-2-4-11(9-10)5-8-13(15)14-12-6-7-12/h2-5,8-9,12H,6-7H2,1H3,(H,14,15). The predicted octanol–water partition coefficient (Wildman–Crippen LogP) is 2.29. The van der Waals surface area contributed by atoms with Gasteiger partial charge in [-0.3, -0.25) is 4.79 Å². The number of hydrogen-bond donors (Lipinski definition) is 1. The molecule has 2 nitrogen and oxygen atoms in total. The highest BCUT2D eigenvalue weighted by atomic mass is 16.1. The zero-order valence-corrected chi connectivity index (χ0v) is 8.86. The molecule has 0 unspecified atom stereocenters. The molecule has 0 aromatic heterocycles. The van der Waals surface area contributed by atoms with Crippen molar-refractivity contribution in [3.63, 3.8) is 0 Å². The molecule has 0 heterocycles. The van der Waals surface area contributed by atoms with Crippen LogP contribution in [-0.2, 0) is 4.79 Å². The fourth-order valence-electron chi connectivity index (χ4n) is 1.42. The second kappa shape index (κ2) is 4.30. The van der Waals surface area contributed by atoms with Crippen molar-refractivity contribution in [3.8, 4) is 0 Å². The number of amides is 1.